The summed E-state index contributed by atoms with van der Waals surface area (Å²) < 4.78 is 26.6. The van der Waals surface area contributed by atoms with Crippen molar-refractivity contribution >= 4 is 0 Å². The van der Waals surface area contributed by atoms with Crippen LogP contribution >= 0.6 is 0 Å². The highest BCUT2D eigenvalue weighted by Crippen LogP contribution is 2.18. The topological polar surface area (TPSA) is 12.0 Å². The molecular weight excluding hydrogens is 244 g/mol. The number of aryl methyl sites for hydroxylation is 1. The Morgan fingerprint density at radius 2 is 1.79 bits per heavy atom. The summed E-state index contributed by atoms with van der Waals surface area (Å²) in [6.45, 7) is 4.36. The lowest BCUT2D eigenvalue weighted by Crippen LogP contribution is -2.19. The van der Waals surface area contributed by atoms with E-state index < -0.39 is 11.6 Å². The fourth-order valence-electron chi connectivity index (χ4n) is 2.13. The number of hydrogen-bond donors (Lipinski definition) is 1. The van der Waals surface area contributed by atoms with Gasteiger partial charge in [0.25, 0.3) is 0 Å². The Kier molecular flexibility index (Phi) is 4.27. The van der Waals surface area contributed by atoms with Crippen LogP contribution in [0, 0.1) is 18.6 Å². The predicted molar refractivity (Wildman–Crippen MR) is 72.8 cm³/mol. The molecule has 1 nitrogen and oxygen atoms in total. The third-order valence-electron chi connectivity index (χ3n) is 3.29. The van der Waals surface area contributed by atoms with E-state index in [4.69, 9.17) is 0 Å². The van der Waals surface area contributed by atoms with E-state index >= 15 is 0 Å². The normalized spacial score (nSPS) is 12.4. The first kappa shape index (κ1) is 13.7. The van der Waals surface area contributed by atoms with Crippen molar-refractivity contribution in [2.45, 2.75) is 26.4 Å². The summed E-state index contributed by atoms with van der Waals surface area (Å²) >= 11 is 0. The average Bonchev–Trinajstić information content (AvgIpc) is 2.40. The lowest BCUT2D eigenvalue weighted by atomic mass is 10.0. The van der Waals surface area contributed by atoms with Crippen molar-refractivity contribution in [3.8, 4) is 0 Å². The van der Waals surface area contributed by atoms with Crippen molar-refractivity contribution in [1.82, 2.24) is 5.32 Å². The van der Waals surface area contributed by atoms with Crippen LogP contribution in [0.2, 0.25) is 0 Å². The van der Waals surface area contributed by atoms with Crippen LogP contribution < -0.4 is 5.32 Å². The van der Waals surface area contributed by atoms with Gasteiger partial charge in [-0.3, -0.25) is 0 Å². The second kappa shape index (κ2) is 5.93. The highest BCUT2D eigenvalue weighted by molar-refractivity contribution is 5.28. The standard InChI is InChI=1S/C16H17F2N/c1-11-6-3-4-8-14(11)12(2)19-10-13-7-5-9-15(17)16(13)18/h3-9,12,19H,10H2,1-2H3/t12-/m0/s1. The third-order valence-corrected chi connectivity index (χ3v) is 3.29. The maximum Gasteiger partial charge on any atom is 0.163 e. The molecule has 0 aliphatic rings. The van der Waals surface area contributed by atoms with Crippen LogP contribution in [0.3, 0.4) is 0 Å². The molecule has 0 aliphatic heterocycles. The molecule has 0 saturated carbocycles. The molecule has 0 aromatic heterocycles. The van der Waals surface area contributed by atoms with Gasteiger partial charge < -0.3 is 5.32 Å². The van der Waals surface area contributed by atoms with Gasteiger partial charge >= 0.3 is 0 Å². The monoisotopic (exact) mass is 261 g/mol. The SMILES string of the molecule is Cc1ccccc1[C@H](C)NCc1cccc(F)c1F. The summed E-state index contributed by atoms with van der Waals surface area (Å²) in [5.74, 6) is -1.57. The smallest absolute Gasteiger partial charge is 0.163 e. The second-order valence-corrected chi connectivity index (χ2v) is 4.67. The Morgan fingerprint density at radius 3 is 2.53 bits per heavy atom. The summed E-state index contributed by atoms with van der Waals surface area (Å²) in [7, 11) is 0. The lowest BCUT2D eigenvalue weighted by Gasteiger charge is -2.16. The van der Waals surface area contributed by atoms with Gasteiger partial charge in [-0.15, -0.1) is 0 Å². The van der Waals surface area contributed by atoms with E-state index in [9.17, 15) is 8.78 Å². The van der Waals surface area contributed by atoms with E-state index in [-0.39, 0.29) is 6.04 Å². The van der Waals surface area contributed by atoms with E-state index in [1.165, 1.54) is 17.2 Å². The zero-order valence-electron chi connectivity index (χ0n) is 11.1. The molecule has 0 radical (unpaired) electrons. The van der Waals surface area contributed by atoms with E-state index in [1.54, 1.807) is 6.07 Å². The van der Waals surface area contributed by atoms with Crippen LogP contribution in [0.25, 0.3) is 0 Å². The first-order valence-corrected chi connectivity index (χ1v) is 6.31. The summed E-state index contributed by atoms with van der Waals surface area (Å²) in [4.78, 5) is 0. The van der Waals surface area contributed by atoms with Gasteiger partial charge in [0, 0.05) is 18.2 Å². The molecule has 0 spiro atoms. The van der Waals surface area contributed by atoms with Gasteiger partial charge in [0.15, 0.2) is 11.6 Å². The lowest BCUT2D eigenvalue weighted by molar-refractivity contribution is 0.484. The Labute approximate surface area is 112 Å². The molecule has 100 valence electrons. The minimum atomic E-state index is -0.803. The molecule has 0 amide bonds. The summed E-state index contributed by atoms with van der Waals surface area (Å²) in [6, 6.07) is 12.4. The van der Waals surface area contributed by atoms with Crippen LogP contribution in [0.5, 0.6) is 0 Å². The van der Waals surface area contributed by atoms with Crippen molar-refractivity contribution in [2.24, 2.45) is 0 Å². The predicted octanol–water partition coefficient (Wildman–Crippen LogP) is 4.12. The first-order valence-electron chi connectivity index (χ1n) is 6.31. The van der Waals surface area contributed by atoms with Gasteiger partial charge in [-0.05, 0) is 31.0 Å². The van der Waals surface area contributed by atoms with Crippen molar-refractivity contribution in [2.75, 3.05) is 0 Å². The minimum Gasteiger partial charge on any atom is -0.306 e. The molecule has 0 heterocycles. The number of nitrogens with one attached hydrogen (secondary N) is 1. The van der Waals surface area contributed by atoms with Crippen LogP contribution in [-0.2, 0) is 6.54 Å². The minimum absolute atomic E-state index is 0.0869. The van der Waals surface area contributed by atoms with Crippen molar-refractivity contribution in [3.05, 3.63) is 70.8 Å². The van der Waals surface area contributed by atoms with Gasteiger partial charge in [-0.2, -0.15) is 0 Å². The van der Waals surface area contributed by atoms with E-state index in [0.717, 1.165) is 6.07 Å². The van der Waals surface area contributed by atoms with Gasteiger partial charge in [-0.1, -0.05) is 36.4 Å². The number of hydrogen-bond acceptors (Lipinski definition) is 1. The van der Waals surface area contributed by atoms with Gasteiger partial charge in [-0.25, -0.2) is 8.78 Å². The van der Waals surface area contributed by atoms with Crippen molar-refractivity contribution in [3.63, 3.8) is 0 Å². The molecule has 1 atom stereocenters. The summed E-state index contributed by atoms with van der Waals surface area (Å²) in [5, 5.41) is 3.22. The van der Waals surface area contributed by atoms with E-state index in [0.29, 0.717) is 12.1 Å². The van der Waals surface area contributed by atoms with E-state index in [1.807, 2.05) is 38.1 Å². The molecule has 2 rings (SSSR count). The third kappa shape index (κ3) is 3.18. The molecule has 0 bridgehead atoms. The summed E-state index contributed by atoms with van der Waals surface area (Å²) in [5.41, 5.74) is 2.70. The molecule has 0 fully saturated rings. The maximum absolute atomic E-state index is 13.5. The molecule has 0 aliphatic carbocycles. The molecule has 19 heavy (non-hydrogen) atoms. The van der Waals surface area contributed by atoms with E-state index in [2.05, 4.69) is 5.32 Å². The number of halogens is 2. The number of benzene rings is 2. The van der Waals surface area contributed by atoms with Crippen molar-refractivity contribution in [1.29, 1.82) is 0 Å². The van der Waals surface area contributed by atoms with Crippen LogP contribution in [0.1, 0.15) is 29.7 Å². The molecule has 2 aromatic carbocycles. The zero-order chi connectivity index (χ0) is 13.8. The maximum atomic E-state index is 13.5. The molecule has 2 aromatic rings. The second-order valence-electron chi connectivity index (χ2n) is 4.67. The molecule has 3 heteroatoms. The van der Waals surface area contributed by atoms with Crippen LogP contribution in [-0.4, -0.2) is 0 Å². The summed E-state index contributed by atoms with van der Waals surface area (Å²) in [6.07, 6.45) is 0. The molecule has 1 N–H and O–H groups in total. The molecule has 0 saturated heterocycles. The highest BCUT2D eigenvalue weighted by atomic mass is 19.2. The van der Waals surface area contributed by atoms with Crippen molar-refractivity contribution < 1.29 is 8.78 Å². The Balaban J connectivity index is 2.07. The quantitative estimate of drug-likeness (QED) is 0.872. The van der Waals surface area contributed by atoms with Gasteiger partial charge in [0.2, 0.25) is 0 Å². The Hall–Kier alpha value is -1.74. The largest absolute Gasteiger partial charge is 0.306 e. The fourth-order valence-corrected chi connectivity index (χ4v) is 2.13. The number of rotatable bonds is 4. The highest BCUT2D eigenvalue weighted by Gasteiger charge is 2.10. The average molecular weight is 261 g/mol. The van der Waals surface area contributed by atoms with Crippen LogP contribution in [0.15, 0.2) is 42.5 Å². The first-order chi connectivity index (χ1) is 9.09. The van der Waals surface area contributed by atoms with Gasteiger partial charge in [0.05, 0.1) is 0 Å². The Bertz CT molecular complexity index is 566. The zero-order valence-corrected chi connectivity index (χ0v) is 11.1. The molecular formula is C16H17F2N. The van der Waals surface area contributed by atoms with Crippen LogP contribution in [0.4, 0.5) is 8.78 Å². The fraction of sp³-hybridized carbons (Fsp3) is 0.250. The Morgan fingerprint density at radius 1 is 1.05 bits per heavy atom. The molecule has 0 unspecified atom stereocenters. The van der Waals surface area contributed by atoms with Gasteiger partial charge in [0.1, 0.15) is 0 Å².